The molecule has 0 amide bonds. The molecule has 8 heteroatoms. The Morgan fingerprint density at radius 2 is 2.03 bits per heavy atom. The van der Waals surface area contributed by atoms with Crippen LogP contribution in [0.4, 0.5) is 0 Å². The first-order chi connectivity index (χ1) is 13.4. The van der Waals surface area contributed by atoms with Gasteiger partial charge in [0.1, 0.15) is 23.0 Å². The predicted octanol–water partition coefficient (Wildman–Crippen LogP) is 4.64. The van der Waals surface area contributed by atoms with Crippen LogP contribution < -0.4 is 10.1 Å². The van der Waals surface area contributed by atoms with Gasteiger partial charge in [-0.05, 0) is 39.3 Å². The van der Waals surface area contributed by atoms with Gasteiger partial charge in [0.05, 0.1) is 18.8 Å². The molecule has 1 N–H and O–H groups in total. The lowest BCUT2D eigenvalue weighted by Crippen LogP contribution is -2.39. The van der Waals surface area contributed by atoms with Crippen LogP contribution in [0.25, 0.3) is 0 Å². The van der Waals surface area contributed by atoms with E-state index in [1.807, 2.05) is 39.1 Å². The summed E-state index contributed by atoms with van der Waals surface area (Å²) in [6.45, 7) is 10.2. The summed E-state index contributed by atoms with van der Waals surface area (Å²) in [5, 5.41) is 6.42. The summed E-state index contributed by atoms with van der Waals surface area (Å²) < 4.78 is 11.4. The van der Waals surface area contributed by atoms with Gasteiger partial charge in [-0.25, -0.2) is 9.98 Å². The van der Waals surface area contributed by atoms with Crippen molar-refractivity contribution in [2.75, 3.05) is 27.2 Å². The maximum Gasteiger partial charge on any atom is 0.194 e. The van der Waals surface area contributed by atoms with E-state index >= 15 is 0 Å². The lowest BCUT2D eigenvalue weighted by atomic mass is 10.2. The van der Waals surface area contributed by atoms with Gasteiger partial charge in [-0.3, -0.25) is 0 Å². The summed E-state index contributed by atoms with van der Waals surface area (Å²) in [7, 11) is 3.72. The third kappa shape index (κ3) is 8.10. The summed E-state index contributed by atoms with van der Waals surface area (Å²) in [5.74, 6) is 1.75. The highest BCUT2D eigenvalue weighted by Gasteiger charge is 2.13. The van der Waals surface area contributed by atoms with Crippen LogP contribution >= 0.6 is 35.3 Å². The standard InChI is InChI=1S/C21H32N4O2S.HI/c1-7-22-21(23-12-16(3)27-19-11-9-8-10-15(19)2)25(5)13-18-14-28-20(24-18)17(4)26-6;/h8-11,14,16-17H,7,12-13H2,1-6H3,(H,22,23);1H. The molecule has 0 aliphatic heterocycles. The van der Waals surface area contributed by atoms with E-state index in [1.54, 1.807) is 18.4 Å². The minimum absolute atomic E-state index is 0. The van der Waals surface area contributed by atoms with E-state index in [0.717, 1.165) is 34.5 Å². The van der Waals surface area contributed by atoms with Crippen LogP contribution in [-0.2, 0) is 11.3 Å². The molecule has 2 unspecified atom stereocenters. The van der Waals surface area contributed by atoms with E-state index in [0.29, 0.717) is 13.1 Å². The molecule has 2 atom stereocenters. The molecule has 1 aromatic carbocycles. The number of hydrogen-bond acceptors (Lipinski definition) is 5. The number of guanidine groups is 1. The van der Waals surface area contributed by atoms with E-state index in [-0.39, 0.29) is 36.2 Å². The number of rotatable bonds is 9. The largest absolute Gasteiger partial charge is 0.489 e. The Balaban J connectivity index is 0.00000420. The normalized spacial score (nSPS) is 13.4. The fourth-order valence-electron chi connectivity index (χ4n) is 2.63. The number of thiazole rings is 1. The molecule has 0 saturated heterocycles. The monoisotopic (exact) mass is 532 g/mol. The van der Waals surface area contributed by atoms with Crippen molar-refractivity contribution in [3.63, 3.8) is 0 Å². The molecule has 1 heterocycles. The van der Waals surface area contributed by atoms with Crippen molar-refractivity contribution in [3.05, 3.63) is 45.9 Å². The van der Waals surface area contributed by atoms with Crippen LogP contribution in [0.1, 0.15) is 43.1 Å². The molecule has 0 aliphatic rings. The highest BCUT2D eigenvalue weighted by molar-refractivity contribution is 14.0. The Morgan fingerprint density at radius 1 is 1.31 bits per heavy atom. The first kappa shape index (κ1) is 25.6. The third-order valence-corrected chi connectivity index (χ3v) is 5.34. The minimum atomic E-state index is -0.0171. The second-order valence-corrected chi connectivity index (χ2v) is 7.69. The Kier molecular flexibility index (Phi) is 11.5. The Morgan fingerprint density at radius 3 is 2.69 bits per heavy atom. The molecule has 0 bridgehead atoms. The Hall–Kier alpha value is -1.39. The molecule has 0 fully saturated rings. The number of hydrogen-bond donors (Lipinski definition) is 1. The molecule has 0 radical (unpaired) electrons. The number of nitrogens with one attached hydrogen (secondary N) is 1. The second-order valence-electron chi connectivity index (χ2n) is 6.80. The van der Waals surface area contributed by atoms with Crippen molar-refractivity contribution >= 4 is 41.3 Å². The number of ether oxygens (including phenoxy) is 2. The fourth-order valence-corrected chi connectivity index (χ4v) is 3.47. The molecule has 2 rings (SSSR count). The molecule has 29 heavy (non-hydrogen) atoms. The van der Waals surface area contributed by atoms with Gasteiger partial charge in [-0.2, -0.15) is 0 Å². The van der Waals surface area contributed by atoms with E-state index in [4.69, 9.17) is 14.5 Å². The molecule has 162 valence electrons. The van der Waals surface area contributed by atoms with Crippen LogP contribution in [0.2, 0.25) is 0 Å². The molecule has 0 aliphatic carbocycles. The van der Waals surface area contributed by atoms with Gasteiger partial charge in [-0.1, -0.05) is 18.2 Å². The van der Waals surface area contributed by atoms with Gasteiger partial charge >= 0.3 is 0 Å². The number of benzene rings is 1. The zero-order chi connectivity index (χ0) is 20.5. The Bertz CT molecular complexity index is 769. The lowest BCUT2D eigenvalue weighted by molar-refractivity contribution is 0.119. The number of para-hydroxylation sites is 1. The SMILES string of the molecule is CCNC(=NCC(C)Oc1ccccc1C)N(C)Cc1csc(C(C)OC)n1.I. The van der Waals surface area contributed by atoms with Crippen LogP contribution in [-0.4, -0.2) is 49.2 Å². The zero-order valence-corrected chi connectivity index (χ0v) is 21.3. The predicted molar refractivity (Wildman–Crippen MR) is 132 cm³/mol. The first-order valence-electron chi connectivity index (χ1n) is 9.63. The zero-order valence-electron chi connectivity index (χ0n) is 18.1. The van der Waals surface area contributed by atoms with E-state index in [1.165, 1.54) is 0 Å². The number of methoxy groups -OCH3 is 1. The third-order valence-electron chi connectivity index (χ3n) is 4.29. The molecular weight excluding hydrogens is 499 g/mol. The lowest BCUT2D eigenvalue weighted by Gasteiger charge is -2.22. The van der Waals surface area contributed by atoms with E-state index in [2.05, 4.69) is 40.5 Å². The summed E-state index contributed by atoms with van der Waals surface area (Å²) in [6, 6.07) is 8.05. The van der Waals surface area contributed by atoms with Crippen LogP contribution in [0.3, 0.4) is 0 Å². The summed E-state index contributed by atoms with van der Waals surface area (Å²) >= 11 is 1.63. The smallest absolute Gasteiger partial charge is 0.194 e. The second kappa shape index (κ2) is 13.0. The highest BCUT2D eigenvalue weighted by atomic mass is 127. The van der Waals surface area contributed by atoms with Crippen molar-refractivity contribution in [1.29, 1.82) is 0 Å². The molecule has 1 aromatic heterocycles. The van der Waals surface area contributed by atoms with Crippen molar-refractivity contribution in [1.82, 2.24) is 15.2 Å². The average Bonchev–Trinajstić information content (AvgIpc) is 3.14. The summed E-state index contributed by atoms with van der Waals surface area (Å²) in [4.78, 5) is 11.5. The van der Waals surface area contributed by atoms with Crippen LogP contribution in [0.5, 0.6) is 5.75 Å². The van der Waals surface area contributed by atoms with E-state index < -0.39 is 0 Å². The highest BCUT2D eigenvalue weighted by Crippen LogP contribution is 2.21. The molecule has 0 spiro atoms. The van der Waals surface area contributed by atoms with Crippen molar-refractivity contribution in [2.45, 2.75) is 46.4 Å². The van der Waals surface area contributed by atoms with Gasteiger partial charge in [0, 0.05) is 26.1 Å². The molecule has 0 saturated carbocycles. The number of halogens is 1. The first-order valence-corrected chi connectivity index (χ1v) is 10.5. The Labute approximate surface area is 195 Å². The molecule has 2 aromatic rings. The molecular formula is C21H33IN4O2S. The number of aryl methyl sites for hydroxylation is 1. The van der Waals surface area contributed by atoms with Crippen molar-refractivity contribution < 1.29 is 9.47 Å². The topological polar surface area (TPSA) is 59.0 Å². The van der Waals surface area contributed by atoms with Gasteiger partial charge in [0.25, 0.3) is 0 Å². The quantitative estimate of drug-likeness (QED) is 0.290. The van der Waals surface area contributed by atoms with Gasteiger partial charge < -0.3 is 19.7 Å². The average molecular weight is 532 g/mol. The van der Waals surface area contributed by atoms with Crippen molar-refractivity contribution in [3.8, 4) is 5.75 Å². The maximum absolute atomic E-state index is 6.04. The number of nitrogens with zero attached hydrogens (tertiary/aromatic N) is 3. The van der Waals surface area contributed by atoms with Gasteiger partial charge in [-0.15, -0.1) is 35.3 Å². The molecule has 6 nitrogen and oxygen atoms in total. The number of aliphatic imine (C=N–C) groups is 1. The number of aromatic nitrogens is 1. The van der Waals surface area contributed by atoms with Crippen molar-refractivity contribution in [2.24, 2.45) is 4.99 Å². The fraction of sp³-hybridized carbons (Fsp3) is 0.524. The minimum Gasteiger partial charge on any atom is -0.489 e. The van der Waals surface area contributed by atoms with Crippen LogP contribution in [0.15, 0.2) is 34.6 Å². The van der Waals surface area contributed by atoms with Gasteiger partial charge in [0.15, 0.2) is 5.96 Å². The van der Waals surface area contributed by atoms with Crippen LogP contribution in [0, 0.1) is 6.92 Å². The summed E-state index contributed by atoms with van der Waals surface area (Å²) in [5.41, 5.74) is 2.15. The van der Waals surface area contributed by atoms with E-state index in [9.17, 15) is 0 Å². The maximum atomic E-state index is 6.04. The van der Waals surface area contributed by atoms with Gasteiger partial charge in [0.2, 0.25) is 0 Å². The summed E-state index contributed by atoms with van der Waals surface area (Å²) in [6.07, 6.45) is 0.00184.